The second-order valence-electron chi connectivity index (χ2n) is 3.36. The molecule has 15 heavy (non-hydrogen) atoms. The van der Waals surface area contributed by atoms with Crippen LogP contribution in [-0.2, 0) is 5.92 Å². The summed E-state index contributed by atoms with van der Waals surface area (Å²) in [6.45, 7) is 3.17. The van der Waals surface area contributed by atoms with Crippen LogP contribution in [0.4, 0.5) is 8.78 Å². The highest BCUT2D eigenvalue weighted by molar-refractivity contribution is 6.31. The molecule has 84 valence electrons. The van der Waals surface area contributed by atoms with Gasteiger partial charge in [-0.15, -0.1) is 0 Å². The molecule has 0 bridgehead atoms. The normalized spacial score (nSPS) is 11.6. The lowest BCUT2D eigenvalue weighted by atomic mass is 10.0. The van der Waals surface area contributed by atoms with E-state index >= 15 is 0 Å². The number of ether oxygens (including phenoxy) is 1. The summed E-state index contributed by atoms with van der Waals surface area (Å²) in [5.41, 5.74) is 0.576. The minimum absolute atomic E-state index is 0.150. The number of methoxy groups -OCH3 is 1. The molecule has 0 aliphatic heterocycles. The van der Waals surface area contributed by atoms with Crippen molar-refractivity contribution in [2.45, 2.75) is 26.2 Å². The Morgan fingerprint density at radius 2 is 2.00 bits per heavy atom. The molecule has 0 N–H and O–H groups in total. The Morgan fingerprint density at radius 3 is 2.47 bits per heavy atom. The fourth-order valence-corrected chi connectivity index (χ4v) is 1.46. The quantitative estimate of drug-likeness (QED) is 0.763. The Labute approximate surface area is 93.0 Å². The predicted octanol–water partition coefficient (Wildman–Crippen LogP) is 4.16. The Bertz CT molecular complexity index is 364. The highest BCUT2D eigenvalue weighted by Gasteiger charge is 2.33. The van der Waals surface area contributed by atoms with Gasteiger partial charge in [-0.2, -0.15) is 0 Å². The summed E-state index contributed by atoms with van der Waals surface area (Å²) < 4.78 is 31.9. The zero-order chi connectivity index (χ0) is 11.6. The first-order valence-corrected chi connectivity index (χ1v) is 5.02. The number of halogens is 3. The monoisotopic (exact) mass is 234 g/mol. The molecule has 0 unspecified atom stereocenters. The van der Waals surface area contributed by atoms with Crippen molar-refractivity contribution >= 4 is 11.6 Å². The number of aryl methyl sites for hydroxylation is 1. The lowest BCUT2D eigenvalue weighted by Gasteiger charge is -2.18. The van der Waals surface area contributed by atoms with E-state index in [-0.39, 0.29) is 17.7 Å². The average molecular weight is 235 g/mol. The highest BCUT2D eigenvalue weighted by atomic mass is 35.5. The zero-order valence-electron chi connectivity index (χ0n) is 8.90. The molecule has 0 aromatic heterocycles. The third-order valence-corrected chi connectivity index (χ3v) is 2.73. The molecular formula is C11H13ClF2O. The van der Waals surface area contributed by atoms with Crippen LogP contribution < -0.4 is 4.74 Å². The first-order valence-electron chi connectivity index (χ1n) is 4.64. The van der Waals surface area contributed by atoms with Crippen molar-refractivity contribution in [1.29, 1.82) is 0 Å². The molecule has 4 heteroatoms. The minimum atomic E-state index is -2.90. The Kier molecular flexibility index (Phi) is 3.55. The van der Waals surface area contributed by atoms with Crippen LogP contribution in [0, 0.1) is 6.92 Å². The smallest absolute Gasteiger partial charge is 0.276 e. The highest BCUT2D eigenvalue weighted by Crippen LogP contribution is 2.39. The van der Waals surface area contributed by atoms with Gasteiger partial charge in [-0.25, -0.2) is 8.78 Å². The molecule has 0 fully saturated rings. The summed E-state index contributed by atoms with van der Waals surface area (Å²) in [7, 11) is 1.37. The first kappa shape index (κ1) is 12.2. The first-order chi connectivity index (χ1) is 6.92. The van der Waals surface area contributed by atoms with Crippen LogP contribution in [0.15, 0.2) is 12.1 Å². The number of hydrogen-bond acceptors (Lipinski definition) is 1. The van der Waals surface area contributed by atoms with E-state index in [1.165, 1.54) is 26.2 Å². The largest absolute Gasteiger partial charge is 0.496 e. The molecule has 1 aromatic carbocycles. The van der Waals surface area contributed by atoms with Crippen LogP contribution in [0.2, 0.25) is 5.02 Å². The van der Waals surface area contributed by atoms with Gasteiger partial charge in [0, 0.05) is 11.4 Å². The van der Waals surface area contributed by atoms with Crippen molar-refractivity contribution in [3.63, 3.8) is 0 Å². The third-order valence-electron chi connectivity index (χ3n) is 2.32. The maximum Gasteiger partial charge on any atom is 0.276 e. The van der Waals surface area contributed by atoms with E-state index in [0.29, 0.717) is 5.02 Å². The fraction of sp³-hybridized carbons (Fsp3) is 0.455. The molecule has 0 aliphatic carbocycles. The van der Waals surface area contributed by atoms with Crippen molar-refractivity contribution < 1.29 is 13.5 Å². The molecule has 0 spiro atoms. The van der Waals surface area contributed by atoms with E-state index in [1.54, 1.807) is 6.92 Å². The lowest BCUT2D eigenvalue weighted by molar-refractivity contribution is -0.0104. The van der Waals surface area contributed by atoms with Gasteiger partial charge in [0.2, 0.25) is 0 Å². The third kappa shape index (κ3) is 2.40. The molecule has 0 atom stereocenters. The van der Waals surface area contributed by atoms with Crippen molar-refractivity contribution in [3.8, 4) is 5.75 Å². The standard InChI is InChI=1S/C11H13ClF2O/c1-4-11(13,14)8-6-9(12)7(2)5-10(8)15-3/h5-6H,4H2,1-3H3. The lowest BCUT2D eigenvalue weighted by Crippen LogP contribution is -2.13. The molecule has 1 nitrogen and oxygen atoms in total. The molecular weight excluding hydrogens is 222 g/mol. The van der Waals surface area contributed by atoms with Gasteiger partial charge in [-0.05, 0) is 24.6 Å². The van der Waals surface area contributed by atoms with Gasteiger partial charge in [0.15, 0.2) is 0 Å². The summed E-state index contributed by atoms with van der Waals surface area (Å²) in [5.74, 6) is -2.72. The van der Waals surface area contributed by atoms with E-state index in [0.717, 1.165) is 5.56 Å². The topological polar surface area (TPSA) is 9.23 Å². The summed E-state index contributed by atoms with van der Waals surface area (Å²) in [5, 5.41) is 0.332. The number of rotatable bonds is 3. The van der Waals surface area contributed by atoms with Crippen LogP contribution in [0.25, 0.3) is 0 Å². The SMILES string of the molecule is CCC(F)(F)c1cc(Cl)c(C)cc1OC. The van der Waals surface area contributed by atoms with Gasteiger partial charge in [0.05, 0.1) is 12.7 Å². The maximum absolute atomic E-state index is 13.5. The van der Waals surface area contributed by atoms with Crippen molar-refractivity contribution in [2.24, 2.45) is 0 Å². The van der Waals surface area contributed by atoms with Gasteiger partial charge < -0.3 is 4.74 Å². The maximum atomic E-state index is 13.5. The molecule has 0 heterocycles. The number of hydrogen-bond donors (Lipinski definition) is 0. The Morgan fingerprint density at radius 1 is 1.40 bits per heavy atom. The van der Waals surface area contributed by atoms with E-state index in [9.17, 15) is 8.78 Å². The van der Waals surface area contributed by atoms with Gasteiger partial charge in [-0.3, -0.25) is 0 Å². The predicted molar refractivity (Wildman–Crippen MR) is 56.9 cm³/mol. The summed E-state index contributed by atoms with van der Waals surface area (Å²) in [6, 6.07) is 2.81. The van der Waals surface area contributed by atoms with Gasteiger partial charge in [0.1, 0.15) is 5.75 Å². The molecule has 1 aromatic rings. The van der Waals surface area contributed by atoms with E-state index in [2.05, 4.69) is 0 Å². The van der Waals surface area contributed by atoms with Crippen molar-refractivity contribution in [3.05, 3.63) is 28.3 Å². The van der Waals surface area contributed by atoms with Crippen LogP contribution >= 0.6 is 11.6 Å². The number of benzene rings is 1. The molecule has 0 amide bonds. The molecule has 0 saturated carbocycles. The minimum Gasteiger partial charge on any atom is -0.496 e. The van der Waals surface area contributed by atoms with E-state index in [1.807, 2.05) is 0 Å². The van der Waals surface area contributed by atoms with Crippen LogP contribution in [-0.4, -0.2) is 7.11 Å². The Balaban J connectivity index is 3.34. The molecule has 0 aliphatic rings. The number of alkyl halides is 2. The van der Waals surface area contributed by atoms with Gasteiger partial charge in [0.25, 0.3) is 5.92 Å². The van der Waals surface area contributed by atoms with Crippen molar-refractivity contribution in [1.82, 2.24) is 0 Å². The summed E-state index contributed by atoms with van der Waals surface area (Å²) in [6.07, 6.45) is -0.275. The summed E-state index contributed by atoms with van der Waals surface area (Å²) >= 11 is 5.82. The van der Waals surface area contributed by atoms with E-state index < -0.39 is 5.92 Å². The second-order valence-corrected chi connectivity index (χ2v) is 3.77. The van der Waals surface area contributed by atoms with Crippen molar-refractivity contribution in [2.75, 3.05) is 7.11 Å². The fourth-order valence-electron chi connectivity index (χ4n) is 1.30. The molecule has 0 radical (unpaired) electrons. The van der Waals surface area contributed by atoms with Gasteiger partial charge >= 0.3 is 0 Å². The average Bonchev–Trinajstić information content (AvgIpc) is 2.21. The summed E-state index contributed by atoms with van der Waals surface area (Å²) in [4.78, 5) is 0. The molecule has 1 rings (SSSR count). The second kappa shape index (κ2) is 4.35. The van der Waals surface area contributed by atoms with Crippen LogP contribution in [0.1, 0.15) is 24.5 Å². The zero-order valence-corrected chi connectivity index (χ0v) is 9.66. The molecule has 0 saturated heterocycles. The van der Waals surface area contributed by atoms with Crippen LogP contribution in [0.5, 0.6) is 5.75 Å². The van der Waals surface area contributed by atoms with E-state index in [4.69, 9.17) is 16.3 Å². The van der Waals surface area contributed by atoms with Crippen LogP contribution in [0.3, 0.4) is 0 Å². The Hall–Kier alpha value is -0.830. The van der Waals surface area contributed by atoms with Gasteiger partial charge in [-0.1, -0.05) is 18.5 Å².